The van der Waals surface area contributed by atoms with Gasteiger partial charge in [-0.2, -0.15) is 0 Å². The fraction of sp³-hybridized carbons (Fsp3) is 0.176. The van der Waals surface area contributed by atoms with E-state index in [0.717, 1.165) is 0 Å². The molecule has 0 radical (unpaired) electrons. The van der Waals surface area contributed by atoms with Gasteiger partial charge in [0.1, 0.15) is 6.04 Å². The average Bonchev–Trinajstić information content (AvgIpc) is 2.54. The number of hydrogen-bond acceptors (Lipinski definition) is 2. The van der Waals surface area contributed by atoms with Crippen LogP contribution in [0.25, 0.3) is 0 Å². The number of benzene rings is 2. The fourth-order valence-electron chi connectivity index (χ4n) is 2.71. The van der Waals surface area contributed by atoms with Crippen molar-refractivity contribution in [1.82, 2.24) is 10.2 Å². The van der Waals surface area contributed by atoms with E-state index in [-0.39, 0.29) is 16.8 Å². The fourth-order valence-corrected chi connectivity index (χ4v) is 3.40. The van der Waals surface area contributed by atoms with E-state index in [1.54, 1.807) is 36.4 Å². The van der Waals surface area contributed by atoms with Gasteiger partial charge in [-0.3, -0.25) is 9.59 Å². The van der Waals surface area contributed by atoms with E-state index in [1.807, 2.05) is 0 Å². The zero-order chi connectivity index (χ0) is 17.3. The zero-order valence-electron chi connectivity index (χ0n) is 12.4. The maximum absolute atomic E-state index is 12.9. The quantitative estimate of drug-likeness (QED) is 0.853. The van der Waals surface area contributed by atoms with Gasteiger partial charge in [0.25, 0.3) is 5.91 Å². The maximum Gasteiger partial charge on any atom is 0.256 e. The summed E-state index contributed by atoms with van der Waals surface area (Å²) >= 11 is 18.1. The van der Waals surface area contributed by atoms with E-state index in [1.165, 1.54) is 11.0 Å². The summed E-state index contributed by atoms with van der Waals surface area (Å²) in [5.41, 5.74) is 0.959. The van der Waals surface area contributed by atoms with Crippen LogP contribution in [0.3, 0.4) is 0 Å². The van der Waals surface area contributed by atoms with Crippen molar-refractivity contribution < 1.29 is 9.59 Å². The topological polar surface area (TPSA) is 49.4 Å². The molecule has 0 spiro atoms. The molecule has 1 heterocycles. The molecular formula is C17H13Cl3N2O2. The number of piperazine rings is 1. The number of nitrogens with one attached hydrogen (secondary N) is 1. The van der Waals surface area contributed by atoms with Gasteiger partial charge in [0.05, 0.1) is 10.6 Å². The van der Waals surface area contributed by atoms with Crippen molar-refractivity contribution in [1.29, 1.82) is 0 Å². The summed E-state index contributed by atoms with van der Waals surface area (Å²) in [6.45, 7) is 0.757. The zero-order valence-corrected chi connectivity index (χ0v) is 14.7. The number of halogens is 3. The third kappa shape index (κ3) is 3.36. The van der Waals surface area contributed by atoms with Crippen LogP contribution < -0.4 is 5.32 Å². The lowest BCUT2D eigenvalue weighted by atomic mass is 10.0. The molecule has 0 saturated carbocycles. The van der Waals surface area contributed by atoms with E-state index in [4.69, 9.17) is 34.8 Å². The Morgan fingerprint density at radius 3 is 2.54 bits per heavy atom. The molecule has 1 N–H and O–H groups in total. The molecular weight excluding hydrogens is 371 g/mol. The minimum Gasteiger partial charge on any atom is -0.352 e. The van der Waals surface area contributed by atoms with E-state index in [0.29, 0.717) is 34.3 Å². The van der Waals surface area contributed by atoms with Crippen molar-refractivity contribution in [3.05, 3.63) is 68.7 Å². The standard InChI is InChI=1S/C17H13Cl3N2O2/c18-11-3-1-2-10(8-11)15-16(23)21-6-7-22(15)17(24)13-5-4-12(19)9-14(13)20/h1-5,8-9,15H,6-7H2,(H,21,23). The summed E-state index contributed by atoms with van der Waals surface area (Å²) < 4.78 is 0. The first-order chi connectivity index (χ1) is 11.5. The van der Waals surface area contributed by atoms with Gasteiger partial charge in [-0.1, -0.05) is 46.9 Å². The van der Waals surface area contributed by atoms with Crippen LogP contribution in [0.5, 0.6) is 0 Å². The van der Waals surface area contributed by atoms with Crippen LogP contribution in [0.4, 0.5) is 0 Å². The molecule has 4 nitrogen and oxygen atoms in total. The van der Waals surface area contributed by atoms with Gasteiger partial charge in [0, 0.05) is 23.1 Å². The minimum absolute atomic E-state index is 0.248. The first kappa shape index (κ1) is 17.1. The number of amides is 2. The smallest absolute Gasteiger partial charge is 0.256 e. The van der Waals surface area contributed by atoms with Crippen LogP contribution >= 0.6 is 34.8 Å². The van der Waals surface area contributed by atoms with Crippen molar-refractivity contribution in [3.63, 3.8) is 0 Å². The highest BCUT2D eigenvalue weighted by Gasteiger charge is 2.35. The Morgan fingerprint density at radius 2 is 1.83 bits per heavy atom. The predicted octanol–water partition coefficient (Wildman–Crippen LogP) is 3.96. The molecule has 1 saturated heterocycles. The number of rotatable bonds is 2. The van der Waals surface area contributed by atoms with Crippen molar-refractivity contribution in [2.75, 3.05) is 13.1 Å². The maximum atomic E-state index is 12.9. The van der Waals surface area contributed by atoms with Gasteiger partial charge < -0.3 is 10.2 Å². The first-order valence-corrected chi connectivity index (χ1v) is 8.40. The minimum atomic E-state index is -0.753. The van der Waals surface area contributed by atoms with Gasteiger partial charge in [-0.25, -0.2) is 0 Å². The molecule has 0 bridgehead atoms. The SMILES string of the molecule is O=C1NCCN(C(=O)c2ccc(Cl)cc2Cl)C1c1cccc(Cl)c1. The average molecular weight is 384 g/mol. The second kappa shape index (κ2) is 7.01. The summed E-state index contributed by atoms with van der Waals surface area (Å²) in [5.74, 6) is -0.571. The van der Waals surface area contributed by atoms with Crippen LogP contribution in [0.15, 0.2) is 42.5 Å². The van der Waals surface area contributed by atoms with Gasteiger partial charge >= 0.3 is 0 Å². The highest BCUT2D eigenvalue weighted by Crippen LogP contribution is 2.29. The van der Waals surface area contributed by atoms with Crippen LogP contribution in [0.2, 0.25) is 15.1 Å². The molecule has 24 heavy (non-hydrogen) atoms. The second-order valence-electron chi connectivity index (χ2n) is 5.37. The molecule has 1 unspecified atom stereocenters. The van der Waals surface area contributed by atoms with E-state index < -0.39 is 6.04 Å². The molecule has 3 rings (SSSR count). The van der Waals surface area contributed by atoms with Crippen molar-refractivity contribution in [2.24, 2.45) is 0 Å². The molecule has 2 aromatic rings. The Bertz CT molecular complexity index is 810. The van der Waals surface area contributed by atoms with E-state index in [2.05, 4.69) is 5.32 Å². The van der Waals surface area contributed by atoms with Gasteiger partial charge in [0.2, 0.25) is 5.91 Å². The molecule has 1 aliphatic heterocycles. The second-order valence-corrected chi connectivity index (χ2v) is 6.65. The molecule has 1 fully saturated rings. The Hall–Kier alpha value is -1.75. The lowest BCUT2D eigenvalue weighted by Gasteiger charge is -2.35. The lowest BCUT2D eigenvalue weighted by molar-refractivity contribution is -0.128. The number of carbonyl (C=O) groups excluding carboxylic acids is 2. The van der Waals surface area contributed by atoms with Gasteiger partial charge in [-0.15, -0.1) is 0 Å². The van der Waals surface area contributed by atoms with Gasteiger partial charge in [0.15, 0.2) is 0 Å². The molecule has 1 aliphatic rings. The Labute approximate surface area is 154 Å². The summed E-state index contributed by atoms with van der Waals surface area (Å²) in [6, 6.07) is 10.8. The summed E-state index contributed by atoms with van der Waals surface area (Å²) in [5, 5.41) is 3.98. The molecule has 7 heteroatoms. The molecule has 0 aliphatic carbocycles. The highest BCUT2D eigenvalue weighted by atomic mass is 35.5. The Kier molecular flexibility index (Phi) is 4.99. The van der Waals surface area contributed by atoms with E-state index in [9.17, 15) is 9.59 Å². The van der Waals surface area contributed by atoms with Crippen molar-refractivity contribution >= 4 is 46.6 Å². The molecule has 124 valence electrons. The van der Waals surface area contributed by atoms with E-state index >= 15 is 0 Å². The summed E-state index contributed by atoms with van der Waals surface area (Å²) in [4.78, 5) is 26.8. The Morgan fingerprint density at radius 1 is 1.08 bits per heavy atom. The highest BCUT2D eigenvalue weighted by molar-refractivity contribution is 6.36. The van der Waals surface area contributed by atoms with Crippen LogP contribution in [-0.4, -0.2) is 29.8 Å². The molecule has 0 aromatic heterocycles. The van der Waals surface area contributed by atoms with Gasteiger partial charge in [-0.05, 0) is 35.9 Å². The molecule has 2 amide bonds. The summed E-state index contributed by atoms with van der Waals surface area (Å²) in [7, 11) is 0. The van der Waals surface area contributed by atoms with Crippen LogP contribution in [0, 0.1) is 0 Å². The predicted molar refractivity (Wildman–Crippen MR) is 94.7 cm³/mol. The Balaban J connectivity index is 2.00. The third-order valence-electron chi connectivity index (χ3n) is 3.80. The molecule has 1 atom stereocenters. The van der Waals surface area contributed by atoms with Crippen LogP contribution in [-0.2, 0) is 4.79 Å². The van der Waals surface area contributed by atoms with Crippen molar-refractivity contribution in [3.8, 4) is 0 Å². The van der Waals surface area contributed by atoms with Crippen LogP contribution in [0.1, 0.15) is 22.0 Å². The lowest BCUT2D eigenvalue weighted by Crippen LogP contribution is -2.52. The van der Waals surface area contributed by atoms with Crippen molar-refractivity contribution in [2.45, 2.75) is 6.04 Å². The number of carbonyl (C=O) groups is 2. The first-order valence-electron chi connectivity index (χ1n) is 7.26. The summed E-state index contributed by atoms with van der Waals surface area (Å²) in [6.07, 6.45) is 0. The number of nitrogens with zero attached hydrogens (tertiary/aromatic N) is 1. The normalized spacial score (nSPS) is 17.5. The monoisotopic (exact) mass is 382 g/mol. The number of hydrogen-bond donors (Lipinski definition) is 1. The third-order valence-corrected chi connectivity index (χ3v) is 4.58. The molecule has 2 aromatic carbocycles. The largest absolute Gasteiger partial charge is 0.352 e.